The van der Waals surface area contributed by atoms with Crippen LogP contribution in [-0.2, 0) is 17.9 Å². The van der Waals surface area contributed by atoms with Crippen molar-refractivity contribution in [3.8, 4) is 28.7 Å². The van der Waals surface area contributed by atoms with Gasteiger partial charge in [0.15, 0.2) is 5.69 Å². The van der Waals surface area contributed by atoms with E-state index in [1.165, 1.54) is 0 Å². The van der Waals surface area contributed by atoms with Crippen molar-refractivity contribution in [2.45, 2.75) is 19.3 Å². The SMILES string of the molecule is COc1ccccc1-c1nc(-c2nnn3c2COC(c2ccccc2Cl)C3)no1. The summed E-state index contributed by atoms with van der Waals surface area (Å²) in [7, 11) is 1.60. The first kappa shape index (κ1) is 17.8. The van der Waals surface area contributed by atoms with Crippen molar-refractivity contribution in [2.75, 3.05) is 7.11 Å². The Morgan fingerprint density at radius 3 is 2.83 bits per heavy atom. The van der Waals surface area contributed by atoms with E-state index in [1.54, 1.807) is 11.8 Å². The fourth-order valence-electron chi connectivity index (χ4n) is 3.36. The van der Waals surface area contributed by atoms with Crippen LogP contribution in [0.5, 0.6) is 5.75 Å². The van der Waals surface area contributed by atoms with Crippen molar-refractivity contribution in [3.05, 3.63) is 64.8 Å². The minimum absolute atomic E-state index is 0.194. The lowest BCUT2D eigenvalue weighted by Gasteiger charge is -2.24. The second kappa shape index (κ2) is 7.31. The van der Waals surface area contributed by atoms with Crippen LogP contribution in [-0.4, -0.2) is 32.2 Å². The molecule has 1 aliphatic heterocycles. The lowest BCUT2D eigenvalue weighted by molar-refractivity contribution is -0.00106. The van der Waals surface area contributed by atoms with Gasteiger partial charge in [-0.3, -0.25) is 0 Å². The summed E-state index contributed by atoms with van der Waals surface area (Å²) < 4.78 is 18.6. The smallest absolute Gasteiger partial charge is 0.262 e. The fourth-order valence-corrected chi connectivity index (χ4v) is 3.62. The summed E-state index contributed by atoms with van der Waals surface area (Å²) in [5.41, 5.74) is 2.97. The third-order valence-corrected chi connectivity index (χ3v) is 5.17. The third-order valence-electron chi connectivity index (χ3n) is 4.82. The summed E-state index contributed by atoms with van der Waals surface area (Å²) in [5, 5.41) is 13.2. The van der Waals surface area contributed by atoms with E-state index in [4.69, 9.17) is 25.6 Å². The summed E-state index contributed by atoms with van der Waals surface area (Å²) in [5.74, 6) is 1.36. The van der Waals surface area contributed by atoms with Crippen LogP contribution in [0.15, 0.2) is 53.1 Å². The molecule has 5 rings (SSSR count). The zero-order chi connectivity index (χ0) is 19.8. The van der Waals surface area contributed by atoms with Crippen LogP contribution in [0.1, 0.15) is 17.4 Å². The third kappa shape index (κ3) is 3.16. The van der Waals surface area contributed by atoms with E-state index in [0.717, 1.165) is 11.3 Å². The Morgan fingerprint density at radius 1 is 1.14 bits per heavy atom. The Balaban J connectivity index is 1.44. The zero-order valence-electron chi connectivity index (χ0n) is 15.4. The van der Waals surface area contributed by atoms with E-state index in [0.29, 0.717) is 46.9 Å². The Morgan fingerprint density at radius 2 is 1.97 bits per heavy atom. The van der Waals surface area contributed by atoms with E-state index >= 15 is 0 Å². The molecule has 29 heavy (non-hydrogen) atoms. The fraction of sp³-hybridized carbons (Fsp3) is 0.200. The second-order valence-electron chi connectivity index (χ2n) is 6.51. The van der Waals surface area contributed by atoms with Crippen LogP contribution in [0, 0.1) is 0 Å². The Bertz CT molecular complexity index is 1170. The summed E-state index contributed by atoms with van der Waals surface area (Å²) in [6, 6.07) is 15.1. The quantitative estimate of drug-likeness (QED) is 0.504. The summed E-state index contributed by atoms with van der Waals surface area (Å²) >= 11 is 6.30. The molecule has 8 nitrogen and oxygen atoms in total. The highest BCUT2D eigenvalue weighted by Gasteiger charge is 2.28. The van der Waals surface area contributed by atoms with Gasteiger partial charge >= 0.3 is 0 Å². The predicted molar refractivity (Wildman–Crippen MR) is 104 cm³/mol. The van der Waals surface area contributed by atoms with Crippen LogP contribution in [0.2, 0.25) is 5.02 Å². The normalized spacial score (nSPS) is 15.9. The molecule has 4 aromatic rings. The monoisotopic (exact) mass is 409 g/mol. The molecule has 1 unspecified atom stereocenters. The average molecular weight is 410 g/mol. The van der Waals surface area contributed by atoms with Crippen molar-refractivity contribution >= 4 is 11.6 Å². The maximum atomic E-state index is 6.30. The standard InChI is InChI=1S/C20H16ClN5O3/c1-27-16-9-5-3-7-13(16)20-22-19(24-29-20)18-15-11-28-17(10-26(15)25-23-18)12-6-2-4-8-14(12)21/h2-9,17H,10-11H2,1H3. The van der Waals surface area contributed by atoms with Crippen molar-refractivity contribution in [1.29, 1.82) is 0 Å². The minimum Gasteiger partial charge on any atom is -0.496 e. The molecule has 0 amide bonds. The lowest BCUT2D eigenvalue weighted by atomic mass is 10.1. The average Bonchev–Trinajstić information content (AvgIpc) is 3.40. The molecule has 1 atom stereocenters. The molecule has 0 fully saturated rings. The van der Waals surface area contributed by atoms with Gasteiger partial charge in [0.25, 0.3) is 5.89 Å². The van der Waals surface area contributed by atoms with Crippen LogP contribution in [0.25, 0.3) is 23.0 Å². The summed E-state index contributed by atoms with van der Waals surface area (Å²) in [6.45, 7) is 0.819. The molecule has 1 aliphatic rings. The predicted octanol–water partition coefficient (Wildman–Crippen LogP) is 3.93. The lowest BCUT2D eigenvalue weighted by Crippen LogP contribution is -2.22. The van der Waals surface area contributed by atoms with Crippen LogP contribution in [0.4, 0.5) is 0 Å². The number of para-hydroxylation sites is 1. The molecule has 2 aromatic carbocycles. The number of aromatic nitrogens is 5. The maximum Gasteiger partial charge on any atom is 0.262 e. The summed E-state index contributed by atoms with van der Waals surface area (Å²) in [4.78, 5) is 4.48. The van der Waals surface area contributed by atoms with Crippen molar-refractivity contribution in [2.24, 2.45) is 0 Å². The summed E-state index contributed by atoms with van der Waals surface area (Å²) in [6.07, 6.45) is -0.194. The first-order valence-corrected chi connectivity index (χ1v) is 9.38. The molecule has 2 aromatic heterocycles. The largest absolute Gasteiger partial charge is 0.496 e. The number of nitrogens with zero attached hydrogens (tertiary/aromatic N) is 5. The molecule has 0 saturated carbocycles. The van der Waals surface area contributed by atoms with Gasteiger partial charge < -0.3 is 14.0 Å². The molecule has 0 spiro atoms. The zero-order valence-corrected chi connectivity index (χ0v) is 16.2. The van der Waals surface area contributed by atoms with Gasteiger partial charge in [-0.2, -0.15) is 4.98 Å². The van der Waals surface area contributed by atoms with Gasteiger partial charge in [-0.05, 0) is 18.2 Å². The molecule has 146 valence electrons. The molecule has 0 radical (unpaired) electrons. The van der Waals surface area contributed by atoms with Crippen LogP contribution < -0.4 is 4.74 Å². The highest BCUT2D eigenvalue weighted by atomic mass is 35.5. The Hall–Kier alpha value is -3.23. The molecule has 0 bridgehead atoms. The number of benzene rings is 2. The molecule has 9 heteroatoms. The molecule has 0 saturated heterocycles. The van der Waals surface area contributed by atoms with E-state index in [2.05, 4.69) is 20.5 Å². The van der Waals surface area contributed by atoms with Crippen molar-refractivity contribution in [3.63, 3.8) is 0 Å². The van der Waals surface area contributed by atoms with E-state index in [1.807, 2.05) is 48.5 Å². The maximum absolute atomic E-state index is 6.30. The number of halogens is 1. The van der Waals surface area contributed by atoms with Crippen LogP contribution >= 0.6 is 11.6 Å². The Labute approximate surface area is 171 Å². The van der Waals surface area contributed by atoms with Gasteiger partial charge in [-0.1, -0.05) is 52.3 Å². The van der Waals surface area contributed by atoms with Gasteiger partial charge in [-0.25, -0.2) is 4.68 Å². The molecular formula is C20H16ClN5O3. The number of fused-ring (bicyclic) bond motifs is 1. The van der Waals surface area contributed by atoms with Crippen molar-refractivity contribution < 1.29 is 14.0 Å². The molecule has 0 aliphatic carbocycles. The van der Waals surface area contributed by atoms with Gasteiger partial charge in [0.1, 0.15) is 11.9 Å². The van der Waals surface area contributed by atoms with E-state index < -0.39 is 0 Å². The van der Waals surface area contributed by atoms with Gasteiger partial charge in [0, 0.05) is 10.6 Å². The second-order valence-corrected chi connectivity index (χ2v) is 6.92. The number of methoxy groups -OCH3 is 1. The number of rotatable bonds is 4. The molecular weight excluding hydrogens is 394 g/mol. The highest BCUT2D eigenvalue weighted by molar-refractivity contribution is 6.31. The first-order valence-electron chi connectivity index (χ1n) is 9.00. The highest BCUT2D eigenvalue weighted by Crippen LogP contribution is 2.34. The molecule has 3 heterocycles. The van der Waals surface area contributed by atoms with Gasteiger partial charge in [0.2, 0.25) is 5.82 Å². The first-order chi connectivity index (χ1) is 14.2. The number of ether oxygens (including phenoxy) is 2. The topological polar surface area (TPSA) is 88.1 Å². The Kier molecular flexibility index (Phi) is 4.49. The van der Waals surface area contributed by atoms with E-state index in [-0.39, 0.29) is 6.10 Å². The minimum atomic E-state index is -0.194. The van der Waals surface area contributed by atoms with Crippen molar-refractivity contribution in [1.82, 2.24) is 25.1 Å². The van der Waals surface area contributed by atoms with Crippen LogP contribution in [0.3, 0.4) is 0 Å². The van der Waals surface area contributed by atoms with Gasteiger partial charge in [0.05, 0.1) is 31.5 Å². The number of hydrogen-bond donors (Lipinski definition) is 0. The van der Waals surface area contributed by atoms with Gasteiger partial charge in [-0.15, -0.1) is 5.10 Å². The molecule has 0 N–H and O–H groups in total. The van der Waals surface area contributed by atoms with E-state index in [9.17, 15) is 0 Å². The number of hydrogen-bond acceptors (Lipinski definition) is 7.